The molecule has 1 aromatic rings. The number of hydrogen-bond donors (Lipinski definition) is 1. The molecule has 0 aliphatic carbocycles. The smallest absolute Gasteiger partial charge is 0.237 e. The summed E-state index contributed by atoms with van der Waals surface area (Å²) < 4.78 is 5.90. The molecule has 1 aliphatic heterocycles. The number of pyridine rings is 1. The SMILES string of the molecule is CCCCNC(=O)[C@H](C)N1CC[C@@H](Oc2cccnc2)C1. The number of carbonyl (C=O) groups excluding carboxylic acids is 1. The summed E-state index contributed by atoms with van der Waals surface area (Å²) in [4.78, 5) is 18.3. The van der Waals surface area contributed by atoms with Gasteiger partial charge in [-0.15, -0.1) is 0 Å². The number of rotatable bonds is 7. The summed E-state index contributed by atoms with van der Waals surface area (Å²) in [5.41, 5.74) is 0. The van der Waals surface area contributed by atoms with E-state index < -0.39 is 0 Å². The lowest BCUT2D eigenvalue weighted by molar-refractivity contribution is -0.125. The topological polar surface area (TPSA) is 54.5 Å². The molecule has 0 saturated carbocycles. The van der Waals surface area contributed by atoms with Gasteiger partial charge in [0.15, 0.2) is 0 Å². The minimum Gasteiger partial charge on any atom is -0.487 e. The van der Waals surface area contributed by atoms with Gasteiger partial charge in [-0.25, -0.2) is 0 Å². The zero-order valence-electron chi connectivity index (χ0n) is 12.9. The number of nitrogens with one attached hydrogen (secondary N) is 1. The molecule has 1 aliphatic rings. The third-order valence-electron chi connectivity index (χ3n) is 3.87. The van der Waals surface area contributed by atoms with Crippen LogP contribution in [0.25, 0.3) is 0 Å². The average molecular weight is 291 g/mol. The first-order valence-electron chi connectivity index (χ1n) is 7.79. The molecular formula is C16H25N3O2. The molecule has 5 heteroatoms. The van der Waals surface area contributed by atoms with Gasteiger partial charge in [-0.05, 0) is 31.9 Å². The van der Waals surface area contributed by atoms with Crippen molar-refractivity contribution in [1.29, 1.82) is 0 Å². The number of carbonyl (C=O) groups is 1. The van der Waals surface area contributed by atoms with Crippen molar-refractivity contribution in [2.75, 3.05) is 19.6 Å². The second-order valence-corrected chi connectivity index (χ2v) is 5.53. The van der Waals surface area contributed by atoms with E-state index in [1.807, 2.05) is 19.1 Å². The van der Waals surface area contributed by atoms with Crippen LogP contribution in [-0.2, 0) is 4.79 Å². The highest BCUT2D eigenvalue weighted by molar-refractivity contribution is 5.81. The van der Waals surface area contributed by atoms with Crippen LogP contribution in [-0.4, -0.2) is 47.6 Å². The van der Waals surface area contributed by atoms with Crippen LogP contribution in [0.4, 0.5) is 0 Å². The van der Waals surface area contributed by atoms with Gasteiger partial charge in [-0.3, -0.25) is 14.7 Å². The van der Waals surface area contributed by atoms with Crippen molar-refractivity contribution in [3.63, 3.8) is 0 Å². The Morgan fingerprint density at radius 1 is 1.62 bits per heavy atom. The van der Waals surface area contributed by atoms with Gasteiger partial charge in [0.25, 0.3) is 0 Å². The van der Waals surface area contributed by atoms with Crippen LogP contribution in [0.1, 0.15) is 33.1 Å². The Bertz CT molecular complexity index is 438. The molecule has 21 heavy (non-hydrogen) atoms. The largest absolute Gasteiger partial charge is 0.487 e. The van der Waals surface area contributed by atoms with E-state index in [2.05, 4.69) is 22.1 Å². The Kier molecular flexibility index (Phi) is 5.99. The third-order valence-corrected chi connectivity index (χ3v) is 3.87. The lowest BCUT2D eigenvalue weighted by Crippen LogP contribution is -2.44. The molecule has 2 rings (SSSR count). The van der Waals surface area contributed by atoms with E-state index in [9.17, 15) is 4.79 Å². The summed E-state index contributed by atoms with van der Waals surface area (Å²) in [5.74, 6) is 0.912. The van der Waals surface area contributed by atoms with Crippen LogP contribution in [0, 0.1) is 0 Å². The average Bonchev–Trinajstić information content (AvgIpc) is 2.96. The van der Waals surface area contributed by atoms with E-state index >= 15 is 0 Å². The number of aromatic nitrogens is 1. The zero-order valence-corrected chi connectivity index (χ0v) is 12.9. The van der Waals surface area contributed by atoms with E-state index in [4.69, 9.17) is 4.74 Å². The first-order valence-corrected chi connectivity index (χ1v) is 7.79. The number of hydrogen-bond acceptors (Lipinski definition) is 4. The molecule has 1 fully saturated rings. The van der Waals surface area contributed by atoms with Crippen molar-refractivity contribution in [2.24, 2.45) is 0 Å². The lowest BCUT2D eigenvalue weighted by Gasteiger charge is -2.23. The second-order valence-electron chi connectivity index (χ2n) is 5.53. The fraction of sp³-hybridized carbons (Fsp3) is 0.625. The predicted octanol–water partition coefficient (Wildman–Crippen LogP) is 1.84. The number of nitrogens with zero attached hydrogens (tertiary/aromatic N) is 2. The lowest BCUT2D eigenvalue weighted by atomic mass is 10.2. The van der Waals surface area contributed by atoms with Gasteiger partial charge in [-0.1, -0.05) is 13.3 Å². The van der Waals surface area contributed by atoms with Crippen LogP contribution in [0.5, 0.6) is 5.75 Å². The fourth-order valence-electron chi connectivity index (χ4n) is 2.51. The summed E-state index contributed by atoms with van der Waals surface area (Å²) >= 11 is 0. The number of amides is 1. The number of likely N-dealkylation sites (tertiary alicyclic amines) is 1. The zero-order chi connectivity index (χ0) is 15.1. The van der Waals surface area contributed by atoms with Gasteiger partial charge in [0.1, 0.15) is 11.9 Å². The van der Waals surface area contributed by atoms with Crippen molar-refractivity contribution < 1.29 is 9.53 Å². The van der Waals surface area contributed by atoms with E-state index in [1.165, 1.54) is 0 Å². The van der Waals surface area contributed by atoms with Crippen molar-refractivity contribution in [3.8, 4) is 5.75 Å². The molecule has 1 aromatic heterocycles. The second kappa shape index (κ2) is 7.98. The van der Waals surface area contributed by atoms with E-state index in [0.29, 0.717) is 0 Å². The quantitative estimate of drug-likeness (QED) is 0.779. The fourth-order valence-corrected chi connectivity index (χ4v) is 2.51. The summed E-state index contributed by atoms with van der Waals surface area (Å²) in [6.45, 7) is 6.54. The van der Waals surface area contributed by atoms with Gasteiger partial charge >= 0.3 is 0 Å². The first-order chi connectivity index (χ1) is 10.2. The Morgan fingerprint density at radius 3 is 3.19 bits per heavy atom. The normalized spacial score (nSPS) is 20.2. The molecule has 1 saturated heterocycles. The Hall–Kier alpha value is -1.62. The Labute approximate surface area is 126 Å². The van der Waals surface area contributed by atoms with Crippen molar-refractivity contribution in [1.82, 2.24) is 15.2 Å². The molecular weight excluding hydrogens is 266 g/mol. The van der Waals surface area contributed by atoms with Gasteiger partial charge < -0.3 is 10.1 Å². The summed E-state index contributed by atoms with van der Waals surface area (Å²) in [5, 5.41) is 2.99. The maximum Gasteiger partial charge on any atom is 0.237 e. The van der Waals surface area contributed by atoms with Gasteiger partial charge in [-0.2, -0.15) is 0 Å². The summed E-state index contributed by atoms with van der Waals surface area (Å²) in [7, 11) is 0. The van der Waals surface area contributed by atoms with Crippen molar-refractivity contribution in [2.45, 2.75) is 45.3 Å². The maximum atomic E-state index is 12.1. The number of ether oxygens (including phenoxy) is 1. The predicted molar refractivity (Wildman–Crippen MR) is 82.2 cm³/mol. The molecule has 0 spiro atoms. The molecule has 2 heterocycles. The minimum absolute atomic E-state index is 0.0932. The van der Waals surface area contributed by atoms with Crippen LogP contribution in [0.3, 0.4) is 0 Å². The molecule has 0 bridgehead atoms. The molecule has 116 valence electrons. The Balaban J connectivity index is 1.77. The monoisotopic (exact) mass is 291 g/mol. The molecule has 2 atom stereocenters. The molecule has 0 radical (unpaired) electrons. The summed E-state index contributed by atoms with van der Waals surface area (Å²) in [6.07, 6.45) is 6.67. The van der Waals surface area contributed by atoms with Gasteiger partial charge in [0.05, 0.1) is 12.2 Å². The Morgan fingerprint density at radius 2 is 2.48 bits per heavy atom. The van der Waals surface area contributed by atoms with Crippen molar-refractivity contribution >= 4 is 5.91 Å². The van der Waals surface area contributed by atoms with Crippen LogP contribution >= 0.6 is 0 Å². The van der Waals surface area contributed by atoms with Crippen LogP contribution in [0.15, 0.2) is 24.5 Å². The summed E-state index contributed by atoms with van der Waals surface area (Å²) in [6, 6.07) is 3.69. The molecule has 0 aromatic carbocycles. The standard InChI is InChI=1S/C16H25N3O2/c1-3-4-9-18-16(20)13(2)19-10-7-15(12-19)21-14-6-5-8-17-11-14/h5-6,8,11,13,15H,3-4,7,9-10,12H2,1-2H3,(H,18,20)/t13-,15+/m0/s1. The van der Waals surface area contributed by atoms with E-state index in [1.54, 1.807) is 12.4 Å². The molecule has 5 nitrogen and oxygen atoms in total. The molecule has 1 N–H and O–H groups in total. The maximum absolute atomic E-state index is 12.1. The van der Waals surface area contributed by atoms with Crippen molar-refractivity contribution in [3.05, 3.63) is 24.5 Å². The van der Waals surface area contributed by atoms with E-state index in [-0.39, 0.29) is 18.1 Å². The van der Waals surface area contributed by atoms with E-state index in [0.717, 1.165) is 44.6 Å². The highest BCUT2D eigenvalue weighted by Gasteiger charge is 2.30. The highest BCUT2D eigenvalue weighted by atomic mass is 16.5. The molecule has 1 amide bonds. The van der Waals surface area contributed by atoms with Gasteiger partial charge in [0.2, 0.25) is 5.91 Å². The molecule has 0 unspecified atom stereocenters. The highest BCUT2D eigenvalue weighted by Crippen LogP contribution is 2.19. The van der Waals surface area contributed by atoms with Crippen LogP contribution in [0.2, 0.25) is 0 Å². The third kappa shape index (κ3) is 4.70. The minimum atomic E-state index is -0.0932. The van der Waals surface area contributed by atoms with Crippen LogP contribution < -0.4 is 10.1 Å². The number of unbranched alkanes of at least 4 members (excludes halogenated alkanes) is 1. The first kappa shape index (κ1) is 15.8. The van der Waals surface area contributed by atoms with Gasteiger partial charge in [0, 0.05) is 25.8 Å².